The van der Waals surface area contributed by atoms with Crippen LogP contribution >= 0.6 is 0 Å². The highest BCUT2D eigenvalue weighted by molar-refractivity contribution is 6.02. The van der Waals surface area contributed by atoms with Crippen LogP contribution in [-0.2, 0) is 16.1 Å². The highest BCUT2D eigenvalue weighted by Gasteiger charge is 2.22. The largest absolute Gasteiger partial charge is 0.383 e. The van der Waals surface area contributed by atoms with Gasteiger partial charge in [0.15, 0.2) is 0 Å². The first-order valence-electron chi connectivity index (χ1n) is 10.8. The maximum absolute atomic E-state index is 12.8. The topological polar surface area (TPSA) is 94.1 Å². The molecule has 0 saturated carbocycles. The molecule has 1 aromatic heterocycles. The Bertz CT molecular complexity index is 1060. The molecule has 1 aromatic carbocycles. The van der Waals surface area contributed by atoms with Gasteiger partial charge in [0.05, 0.1) is 18.2 Å². The van der Waals surface area contributed by atoms with Gasteiger partial charge in [-0.2, -0.15) is 10.5 Å². The molecule has 166 valence electrons. The Kier molecular flexibility index (Phi) is 7.70. The Labute approximate surface area is 189 Å². The summed E-state index contributed by atoms with van der Waals surface area (Å²) >= 11 is 0. The number of nitrogens with one attached hydrogen (secondary N) is 1. The molecule has 0 bridgehead atoms. The zero-order valence-electron chi connectivity index (χ0n) is 18.9. The number of nitriles is 2. The third kappa shape index (κ3) is 5.38. The molecule has 1 aliphatic heterocycles. The van der Waals surface area contributed by atoms with E-state index in [1.165, 1.54) is 0 Å². The van der Waals surface area contributed by atoms with Crippen molar-refractivity contribution >= 4 is 17.7 Å². The van der Waals surface area contributed by atoms with Gasteiger partial charge in [-0.15, -0.1) is 0 Å². The van der Waals surface area contributed by atoms with E-state index in [-0.39, 0.29) is 17.5 Å². The summed E-state index contributed by atoms with van der Waals surface area (Å²) in [5, 5.41) is 21.6. The van der Waals surface area contributed by atoms with Gasteiger partial charge in [-0.05, 0) is 68.7 Å². The minimum absolute atomic E-state index is 0.0306. The van der Waals surface area contributed by atoms with E-state index in [0.717, 1.165) is 55.1 Å². The van der Waals surface area contributed by atoms with Crippen LogP contribution in [0.4, 0.5) is 5.69 Å². The van der Waals surface area contributed by atoms with Crippen molar-refractivity contribution in [2.75, 3.05) is 31.7 Å². The van der Waals surface area contributed by atoms with Gasteiger partial charge in [0.1, 0.15) is 11.6 Å². The number of hydrogen-bond acceptors (Lipinski definition) is 5. The smallest absolute Gasteiger partial charge is 0.262 e. The zero-order chi connectivity index (χ0) is 23.1. The molecule has 1 amide bonds. The standard InChI is InChI=1S/C25H29N5O2/c1-18-14-21(19(2)30(18)12-13-32-3)15-22(17-27)25(31)28-23-8-10-29(11-9-23)24-6-4-20(16-26)5-7-24/h4-7,14-15,23H,8-13H2,1-3H3,(H,28,31)/b22-15-. The lowest BCUT2D eigenvalue weighted by Gasteiger charge is -2.34. The number of ether oxygens (including phenoxy) is 1. The highest BCUT2D eigenvalue weighted by Crippen LogP contribution is 2.22. The summed E-state index contributed by atoms with van der Waals surface area (Å²) in [6.45, 7) is 6.94. The Morgan fingerprint density at radius 1 is 1.22 bits per heavy atom. The van der Waals surface area contributed by atoms with Gasteiger partial charge in [0.2, 0.25) is 0 Å². The Morgan fingerprint density at radius 2 is 1.91 bits per heavy atom. The lowest BCUT2D eigenvalue weighted by Crippen LogP contribution is -2.45. The lowest BCUT2D eigenvalue weighted by molar-refractivity contribution is -0.117. The molecule has 0 aliphatic carbocycles. The van der Waals surface area contributed by atoms with Crippen molar-refractivity contribution < 1.29 is 9.53 Å². The molecule has 0 atom stereocenters. The molecule has 7 nitrogen and oxygen atoms in total. The third-order valence-corrected chi connectivity index (χ3v) is 5.99. The molecule has 0 spiro atoms. The Morgan fingerprint density at radius 3 is 2.50 bits per heavy atom. The molecule has 2 aromatic rings. The zero-order valence-corrected chi connectivity index (χ0v) is 18.9. The molecule has 32 heavy (non-hydrogen) atoms. The first-order chi connectivity index (χ1) is 15.5. The van der Waals surface area contributed by atoms with Crippen molar-refractivity contribution in [2.24, 2.45) is 0 Å². The van der Waals surface area contributed by atoms with Gasteiger partial charge in [-0.25, -0.2) is 0 Å². The predicted molar refractivity (Wildman–Crippen MR) is 124 cm³/mol. The lowest BCUT2D eigenvalue weighted by atomic mass is 10.0. The third-order valence-electron chi connectivity index (χ3n) is 5.99. The number of nitrogens with zero attached hydrogens (tertiary/aromatic N) is 4. The number of methoxy groups -OCH3 is 1. The number of amides is 1. The number of carbonyl (C=O) groups excluding carboxylic acids is 1. The number of anilines is 1. The van der Waals surface area contributed by atoms with Crippen molar-refractivity contribution in [1.29, 1.82) is 10.5 Å². The van der Waals surface area contributed by atoms with Crippen LogP contribution in [0.2, 0.25) is 0 Å². The van der Waals surface area contributed by atoms with Crippen LogP contribution in [0.25, 0.3) is 6.08 Å². The summed E-state index contributed by atoms with van der Waals surface area (Å²) in [4.78, 5) is 15.0. The van der Waals surface area contributed by atoms with Crippen LogP contribution in [0.15, 0.2) is 35.9 Å². The summed E-state index contributed by atoms with van der Waals surface area (Å²) in [5.41, 5.74) is 4.79. The van der Waals surface area contributed by atoms with E-state index in [2.05, 4.69) is 26.9 Å². The van der Waals surface area contributed by atoms with E-state index >= 15 is 0 Å². The van der Waals surface area contributed by atoms with E-state index in [1.54, 1.807) is 13.2 Å². The second-order valence-electron chi connectivity index (χ2n) is 8.03. The van der Waals surface area contributed by atoms with Crippen LogP contribution in [0.5, 0.6) is 0 Å². The fourth-order valence-electron chi connectivity index (χ4n) is 4.10. The summed E-state index contributed by atoms with van der Waals surface area (Å²) in [6, 6.07) is 13.8. The monoisotopic (exact) mass is 431 g/mol. The Hall–Kier alpha value is -3.55. The number of carbonyl (C=O) groups is 1. The van der Waals surface area contributed by atoms with Gasteiger partial charge < -0.3 is 19.5 Å². The first-order valence-corrected chi connectivity index (χ1v) is 10.8. The number of hydrogen-bond donors (Lipinski definition) is 1. The average molecular weight is 432 g/mol. The number of benzene rings is 1. The molecular weight excluding hydrogens is 402 g/mol. The molecule has 0 unspecified atom stereocenters. The van der Waals surface area contributed by atoms with Crippen LogP contribution < -0.4 is 10.2 Å². The maximum Gasteiger partial charge on any atom is 0.262 e. The summed E-state index contributed by atoms with van der Waals surface area (Å²) in [7, 11) is 1.67. The van der Waals surface area contributed by atoms with Crippen molar-refractivity contribution in [2.45, 2.75) is 39.3 Å². The molecule has 1 N–H and O–H groups in total. The minimum Gasteiger partial charge on any atom is -0.383 e. The van der Waals surface area contributed by atoms with E-state index in [4.69, 9.17) is 10.00 Å². The molecule has 7 heteroatoms. The van der Waals surface area contributed by atoms with Gasteiger partial charge in [-0.1, -0.05) is 0 Å². The number of rotatable bonds is 7. The van der Waals surface area contributed by atoms with Crippen molar-refractivity contribution in [3.8, 4) is 12.1 Å². The fourth-order valence-corrected chi connectivity index (χ4v) is 4.10. The molecule has 0 radical (unpaired) electrons. The number of aryl methyl sites for hydroxylation is 1. The quantitative estimate of drug-likeness (QED) is 0.536. The Balaban J connectivity index is 1.61. The normalized spacial score (nSPS) is 14.7. The van der Waals surface area contributed by atoms with Gasteiger partial charge in [0.25, 0.3) is 5.91 Å². The van der Waals surface area contributed by atoms with Gasteiger partial charge in [0, 0.05) is 49.9 Å². The van der Waals surface area contributed by atoms with Crippen LogP contribution in [0.3, 0.4) is 0 Å². The van der Waals surface area contributed by atoms with E-state index < -0.39 is 0 Å². The van der Waals surface area contributed by atoms with E-state index in [9.17, 15) is 10.1 Å². The summed E-state index contributed by atoms with van der Waals surface area (Å²) in [5.74, 6) is -0.328. The van der Waals surface area contributed by atoms with Gasteiger partial charge >= 0.3 is 0 Å². The van der Waals surface area contributed by atoms with Crippen molar-refractivity contribution in [1.82, 2.24) is 9.88 Å². The van der Waals surface area contributed by atoms with E-state index in [0.29, 0.717) is 12.2 Å². The highest BCUT2D eigenvalue weighted by atomic mass is 16.5. The fraction of sp³-hybridized carbons (Fsp3) is 0.400. The summed E-state index contributed by atoms with van der Waals surface area (Å²) < 4.78 is 7.29. The SMILES string of the molecule is COCCn1c(C)cc(/C=C(/C#N)C(=O)NC2CCN(c3ccc(C#N)cc3)CC2)c1C. The molecule has 3 rings (SSSR count). The average Bonchev–Trinajstić information content (AvgIpc) is 3.08. The van der Waals surface area contributed by atoms with Crippen molar-refractivity contribution in [3.05, 3.63) is 58.4 Å². The molecular formula is C25H29N5O2. The molecule has 2 heterocycles. The summed E-state index contributed by atoms with van der Waals surface area (Å²) in [6.07, 6.45) is 3.28. The number of aromatic nitrogens is 1. The first kappa shape index (κ1) is 23.1. The van der Waals surface area contributed by atoms with Crippen LogP contribution in [0.1, 0.15) is 35.4 Å². The van der Waals surface area contributed by atoms with Crippen LogP contribution in [0, 0.1) is 36.5 Å². The second kappa shape index (κ2) is 10.7. The minimum atomic E-state index is -0.328. The second-order valence-corrected chi connectivity index (χ2v) is 8.03. The van der Waals surface area contributed by atoms with Crippen molar-refractivity contribution in [3.63, 3.8) is 0 Å². The molecule has 1 fully saturated rings. The van der Waals surface area contributed by atoms with Gasteiger partial charge in [-0.3, -0.25) is 4.79 Å². The molecule has 1 aliphatic rings. The molecule has 1 saturated heterocycles. The maximum atomic E-state index is 12.8. The van der Waals surface area contributed by atoms with E-state index in [1.807, 2.05) is 44.2 Å². The number of piperidine rings is 1. The van der Waals surface area contributed by atoms with Crippen LogP contribution in [-0.4, -0.2) is 43.3 Å². The predicted octanol–water partition coefficient (Wildman–Crippen LogP) is 3.32.